The van der Waals surface area contributed by atoms with E-state index in [-0.39, 0.29) is 11.7 Å². The van der Waals surface area contributed by atoms with Crippen molar-refractivity contribution in [1.29, 1.82) is 0 Å². The number of halogens is 1. The van der Waals surface area contributed by atoms with Crippen molar-refractivity contribution in [2.24, 2.45) is 10.9 Å². The number of rotatable bonds is 4. The van der Waals surface area contributed by atoms with Crippen molar-refractivity contribution in [3.05, 3.63) is 63.0 Å². The molecule has 0 bridgehead atoms. The SMILES string of the molecule is COC(=O)C1=C(C2CCNCC2)NC(c2nccs2)=N[C@H]1c1ccc(F)cc1C. The molecule has 6 nitrogen and oxygen atoms in total. The van der Waals surface area contributed by atoms with Crippen LogP contribution in [-0.4, -0.2) is 37.0 Å². The molecule has 1 saturated heterocycles. The molecule has 0 unspecified atom stereocenters. The van der Waals surface area contributed by atoms with Crippen molar-refractivity contribution in [2.75, 3.05) is 20.2 Å². The van der Waals surface area contributed by atoms with E-state index in [1.165, 1.54) is 30.6 Å². The Kier molecular flexibility index (Phi) is 5.73. The smallest absolute Gasteiger partial charge is 0.338 e. The number of hydrogen-bond donors (Lipinski definition) is 2. The summed E-state index contributed by atoms with van der Waals surface area (Å²) in [5.74, 6) is 0.0853. The number of nitrogens with one attached hydrogen (secondary N) is 2. The molecule has 152 valence electrons. The molecule has 0 radical (unpaired) electrons. The van der Waals surface area contributed by atoms with E-state index in [4.69, 9.17) is 9.73 Å². The van der Waals surface area contributed by atoms with Gasteiger partial charge in [0.2, 0.25) is 0 Å². The van der Waals surface area contributed by atoms with E-state index in [9.17, 15) is 9.18 Å². The number of piperidine rings is 1. The van der Waals surface area contributed by atoms with Gasteiger partial charge in [-0.25, -0.2) is 14.2 Å². The fraction of sp³-hybridized carbons (Fsp3) is 0.381. The maximum Gasteiger partial charge on any atom is 0.338 e. The first-order valence-electron chi connectivity index (χ1n) is 9.62. The fourth-order valence-electron chi connectivity index (χ4n) is 3.95. The van der Waals surface area contributed by atoms with Crippen LogP contribution in [0.15, 0.2) is 46.0 Å². The van der Waals surface area contributed by atoms with Gasteiger partial charge in [-0.3, -0.25) is 4.99 Å². The summed E-state index contributed by atoms with van der Waals surface area (Å²) < 4.78 is 18.9. The Balaban J connectivity index is 1.88. The second-order valence-electron chi connectivity index (χ2n) is 7.19. The highest BCUT2D eigenvalue weighted by atomic mass is 32.1. The first-order valence-corrected chi connectivity index (χ1v) is 10.5. The molecule has 1 fully saturated rings. The van der Waals surface area contributed by atoms with Crippen LogP contribution in [0, 0.1) is 18.7 Å². The van der Waals surface area contributed by atoms with Gasteiger partial charge in [0, 0.05) is 23.2 Å². The molecule has 0 aliphatic carbocycles. The highest BCUT2D eigenvalue weighted by Gasteiger charge is 2.36. The van der Waals surface area contributed by atoms with Gasteiger partial charge in [0.25, 0.3) is 0 Å². The number of carbonyl (C=O) groups excluding carboxylic acids is 1. The molecular formula is C21H23FN4O2S. The van der Waals surface area contributed by atoms with Gasteiger partial charge in [-0.2, -0.15) is 0 Å². The van der Waals surface area contributed by atoms with Crippen LogP contribution in [0.5, 0.6) is 0 Å². The van der Waals surface area contributed by atoms with E-state index in [2.05, 4.69) is 15.6 Å². The normalized spacial score (nSPS) is 20.2. The van der Waals surface area contributed by atoms with Crippen molar-refractivity contribution >= 4 is 23.1 Å². The Bertz CT molecular complexity index is 965. The van der Waals surface area contributed by atoms with Crippen LogP contribution in [-0.2, 0) is 9.53 Å². The van der Waals surface area contributed by atoms with Crippen molar-refractivity contribution in [2.45, 2.75) is 25.8 Å². The van der Waals surface area contributed by atoms with Crippen LogP contribution in [0.25, 0.3) is 0 Å². The van der Waals surface area contributed by atoms with Crippen LogP contribution in [0.4, 0.5) is 4.39 Å². The third-order valence-corrected chi connectivity index (χ3v) is 6.17. The van der Waals surface area contributed by atoms with Crippen LogP contribution >= 0.6 is 11.3 Å². The lowest BCUT2D eigenvalue weighted by atomic mass is 9.85. The zero-order chi connectivity index (χ0) is 20.4. The zero-order valence-corrected chi connectivity index (χ0v) is 17.2. The number of amidine groups is 1. The lowest BCUT2D eigenvalue weighted by Crippen LogP contribution is -2.40. The molecule has 0 spiro atoms. The number of methoxy groups -OCH3 is 1. The molecule has 1 aromatic heterocycles. The van der Waals surface area contributed by atoms with Gasteiger partial charge < -0.3 is 15.4 Å². The molecule has 1 aromatic carbocycles. The largest absolute Gasteiger partial charge is 0.466 e. The first kappa shape index (κ1) is 19.7. The monoisotopic (exact) mass is 414 g/mol. The minimum absolute atomic E-state index is 0.180. The Morgan fingerprint density at radius 3 is 2.76 bits per heavy atom. The number of benzene rings is 1. The summed E-state index contributed by atoms with van der Waals surface area (Å²) in [5, 5.41) is 9.40. The summed E-state index contributed by atoms with van der Waals surface area (Å²) in [4.78, 5) is 22.1. The summed E-state index contributed by atoms with van der Waals surface area (Å²) in [6.45, 7) is 3.60. The van der Waals surface area contributed by atoms with Gasteiger partial charge in [0.1, 0.15) is 11.9 Å². The van der Waals surface area contributed by atoms with Gasteiger partial charge in [-0.15, -0.1) is 11.3 Å². The summed E-state index contributed by atoms with van der Waals surface area (Å²) in [6.07, 6.45) is 3.54. The Hall–Kier alpha value is -2.58. The number of aromatic nitrogens is 1. The second-order valence-corrected chi connectivity index (χ2v) is 8.08. The van der Waals surface area contributed by atoms with E-state index in [1.54, 1.807) is 12.3 Å². The van der Waals surface area contributed by atoms with Crippen LogP contribution < -0.4 is 10.6 Å². The average Bonchev–Trinajstić information content (AvgIpc) is 3.28. The zero-order valence-electron chi connectivity index (χ0n) is 16.4. The molecule has 2 aliphatic heterocycles. The van der Waals surface area contributed by atoms with Crippen molar-refractivity contribution in [1.82, 2.24) is 15.6 Å². The molecule has 0 amide bonds. The third kappa shape index (κ3) is 3.95. The summed E-state index contributed by atoms with van der Waals surface area (Å²) in [5.41, 5.74) is 2.86. The molecular weight excluding hydrogens is 391 g/mol. The Labute approximate surface area is 172 Å². The molecule has 2 aliphatic rings. The number of nitrogens with zero attached hydrogens (tertiary/aromatic N) is 2. The number of thiazole rings is 1. The lowest BCUT2D eigenvalue weighted by Gasteiger charge is -2.33. The Morgan fingerprint density at radius 1 is 1.31 bits per heavy atom. The second kappa shape index (κ2) is 8.42. The highest BCUT2D eigenvalue weighted by Crippen LogP contribution is 2.38. The summed E-state index contributed by atoms with van der Waals surface area (Å²) >= 11 is 1.48. The number of aliphatic imine (C=N–C) groups is 1. The number of aryl methyl sites for hydroxylation is 1. The number of hydrogen-bond acceptors (Lipinski definition) is 7. The molecule has 8 heteroatoms. The standard InChI is InChI=1S/C21H23FN4O2S/c1-12-11-14(22)3-4-15(12)18-16(21(27)28-2)17(13-5-7-23-8-6-13)25-19(26-18)20-24-9-10-29-20/h3-4,9-11,13,18,23H,5-8H2,1-2H3,(H,25,26)/t18-/m0/s1. The van der Waals surface area contributed by atoms with Crippen LogP contribution in [0.2, 0.25) is 0 Å². The number of ether oxygens (including phenoxy) is 1. The van der Waals surface area contributed by atoms with E-state index in [1.807, 2.05) is 12.3 Å². The van der Waals surface area contributed by atoms with Crippen molar-refractivity contribution in [3.8, 4) is 0 Å². The van der Waals surface area contributed by atoms with Gasteiger partial charge in [-0.1, -0.05) is 6.07 Å². The van der Waals surface area contributed by atoms with Gasteiger partial charge in [0.15, 0.2) is 10.8 Å². The van der Waals surface area contributed by atoms with Gasteiger partial charge in [-0.05, 0) is 56.1 Å². The van der Waals surface area contributed by atoms with E-state index in [0.29, 0.717) is 11.4 Å². The van der Waals surface area contributed by atoms with Crippen LogP contribution in [0.1, 0.15) is 35.0 Å². The predicted molar refractivity (Wildman–Crippen MR) is 110 cm³/mol. The van der Waals surface area contributed by atoms with E-state index >= 15 is 0 Å². The topological polar surface area (TPSA) is 75.6 Å². The first-order chi connectivity index (χ1) is 14.1. The minimum atomic E-state index is -0.576. The van der Waals surface area contributed by atoms with E-state index < -0.39 is 12.0 Å². The number of esters is 1. The Morgan fingerprint density at radius 2 is 2.10 bits per heavy atom. The molecule has 0 saturated carbocycles. The van der Waals surface area contributed by atoms with Gasteiger partial charge >= 0.3 is 5.97 Å². The molecule has 29 heavy (non-hydrogen) atoms. The maximum absolute atomic E-state index is 13.7. The van der Waals surface area contributed by atoms with Crippen molar-refractivity contribution in [3.63, 3.8) is 0 Å². The summed E-state index contributed by atoms with van der Waals surface area (Å²) in [7, 11) is 1.38. The quantitative estimate of drug-likeness (QED) is 0.752. The van der Waals surface area contributed by atoms with E-state index in [0.717, 1.165) is 47.8 Å². The molecule has 2 aromatic rings. The molecule has 1 atom stereocenters. The molecule has 4 rings (SSSR count). The lowest BCUT2D eigenvalue weighted by molar-refractivity contribution is -0.136. The predicted octanol–water partition coefficient (Wildman–Crippen LogP) is 3.11. The molecule has 2 N–H and O–H groups in total. The minimum Gasteiger partial charge on any atom is -0.466 e. The van der Waals surface area contributed by atoms with Gasteiger partial charge in [0.05, 0.1) is 12.7 Å². The molecule has 3 heterocycles. The maximum atomic E-state index is 13.7. The van der Waals surface area contributed by atoms with Crippen molar-refractivity contribution < 1.29 is 13.9 Å². The highest BCUT2D eigenvalue weighted by molar-refractivity contribution is 7.11. The third-order valence-electron chi connectivity index (χ3n) is 5.39. The van der Waals surface area contributed by atoms with Crippen LogP contribution in [0.3, 0.4) is 0 Å². The summed E-state index contributed by atoms with van der Waals surface area (Å²) in [6, 6.07) is 4.00. The number of allylic oxidation sites excluding steroid dienone is 1. The number of carbonyl (C=O) groups is 1. The average molecular weight is 415 g/mol. The fourth-order valence-corrected chi connectivity index (χ4v) is 4.54.